The van der Waals surface area contributed by atoms with Crippen LogP contribution in [0.15, 0.2) is 64.5 Å². The van der Waals surface area contributed by atoms with Gasteiger partial charge in [0.05, 0.1) is 31.6 Å². The minimum atomic E-state index is 0. The third-order valence-corrected chi connectivity index (χ3v) is 6.25. The number of halogens is 1. The first-order valence-corrected chi connectivity index (χ1v) is 11.2. The first-order chi connectivity index (χ1) is 15.7. The van der Waals surface area contributed by atoms with Crippen molar-refractivity contribution in [2.24, 2.45) is 4.99 Å². The molecule has 33 heavy (non-hydrogen) atoms. The van der Waals surface area contributed by atoms with Crippen molar-refractivity contribution in [2.75, 3.05) is 57.9 Å². The molecule has 0 bridgehead atoms. The van der Waals surface area contributed by atoms with Crippen LogP contribution in [0.3, 0.4) is 0 Å². The van der Waals surface area contributed by atoms with E-state index in [-0.39, 0.29) is 18.2 Å². The molecule has 1 aromatic carbocycles. The number of carbonyl (C=O) groups excluding carboxylic acids is 1. The summed E-state index contributed by atoms with van der Waals surface area (Å²) in [7, 11) is 1.73. The predicted octanol–water partition coefficient (Wildman–Crippen LogP) is 2.50. The molecule has 8 nitrogen and oxygen atoms in total. The van der Waals surface area contributed by atoms with Crippen LogP contribution in [0.2, 0.25) is 0 Å². The number of para-hydroxylation sites is 2. The van der Waals surface area contributed by atoms with Crippen LogP contribution in [0.4, 0.5) is 5.69 Å². The van der Waals surface area contributed by atoms with Crippen molar-refractivity contribution in [3.05, 3.63) is 59.5 Å². The van der Waals surface area contributed by atoms with Gasteiger partial charge in [-0.15, -0.1) is 12.4 Å². The first-order valence-electron chi connectivity index (χ1n) is 11.2. The molecule has 0 amide bonds. The van der Waals surface area contributed by atoms with E-state index in [0.717, 1.165) is 56.4 Å². The highest BCUT2D eigenvalue weighted by Crippen LogP contribution is 2.31. The lowest BCUT2D eigenvalue weighted by Crippen LogP contribution is -2.46. The number of anilines is 1. The van der Waals surface area contributed by atoms with E-state index in [1.54, 1.807) is 13.3 Å². The van der Waals surface area contributed by atoms with Crippen LogP contribution >= 0.6 is 12.4 Å². The number of aliphatic imine (C=N–C) groups is 1. The number of ether oxygens (including phenoxy) is 2. The van der Waals surface area contributed by atoms with Gasteiger partial charge in [-0.25, -0.2) is 4.99 Å². The van der Waals surface area contributed by atoms with Crippen molar-refractivity contribution in [2.45, 2.75) is 12.8 Å². The summed E-state index contributed by atoms with van der Waals surface area (Å²) in [6, 6.07) is 8.22. The Morgan fingerprint density at radius 3 is 2.79 bits per heavy atom. The molecule has 4 aliphatic heterocycles. The molecule has 1 fully saturated rings. The second kappa shape index (κ2) is 10.3. The number of benzene rings is 1. The van der Waals surface area contributed by atoms with Gasteiger partial charge in [-0.1, -0.05) is 12.1 Å². The Morgan fingerprint density at radius 1 is 1.15 bits per heavy atom. The van der Waals surface area contributed by atoms with E-state index in [1.807, 2.05) is 29.3 Å². The van der Waals surface area contributed by atoms with E-state index >= 15 is 0 Å². The van der Waals surface area contributed by atoms with Crippen molar-refractivity contribution in [3.8, 4) is 5.75 Å². The highest BCUT2D eigenvalue weighted by molar-refractivity contribution is 6.05. The Bertz CT molecular complexity index is 1010. The molecule has 4 heterocycles. The predicted molar refractivity (Wildman–Crippen MR) is 131 cm³/mol. The van der Waals surface area contributed by atoms with Gasteiger partial charge in [0.25, 0.3) is 0 Å². The van der Waals surface area contributed by atoms with Crippen LogP contribution in [0.5, 0.6) is 5.75 Å². The minimum absolute atomic E-state index is 0. The topological polar surface area (TPSA) is 69.6 Å². The monoisotopic (exact) mass is 471 g/mol. The Hall–Kier alpha value is -2.97. The Kier molecular flexibility index (Phi) is 7.25. The van der Waals surface area contributed by atoms with E-state index in [1.165, 1.54) is 5.69 Å². The number of hydrogen-bond donors (Lipinski definition) is 1. The van der Waals surface area contributed by atoms with Gasteiger partial charge in [-0.2, -0.15) is 0 Å². The Labute approximate surface area is 200 Å². The SMILES string of the molecule is COc1ccccc1N1CCN(CCCOC2=CC3=CNC4=C(N=CCC4=O)N3C2)CC1.Cl. The zero-order valence-electron chi connectivity index (χ0n) is 18.8. The number of nitrogens with zero attached hydrogens (tertiary/aromatic N) is 4. The molecule has 0 aromatic heterocycles. The van der Waals surface area contributed by atoms with Crippen LogP contribution in [0, 0.1) is 0 Å². The molecular formula is C24H30ClN5O3. The van der Waals surface area contributed by atoms with E-state index in [4.69, 9.17) is 9.47 Å². The van der Waals surface area contributed by atoms with Crippen LogP contribution in [-0.4, -0.2) is 74.8 Å². The Balaban J connectivity index is 0.00000259. The fourth-order valence-electron chi connectivity index (χ4n) is 4.54. The number of methoxy groups -OCH3 is 1. The fraction of sp³-hybridized carbons (Fsp3) is 0.417. The van der Waals surface area contributed by atoms with Gasteiger partial charge < -0.3 is 24.6 Å². The number of ketones is 1. The fourth-order valence-corrected chi connectivity index (χ4v) is 4.54. The summed E-state index contributed by atoms with van der Waals surface area (Å²) in [5, 5.41) is 3.09. The van der Waals surface area contributed by atoms with Gasteiger partial charge in [0.1, 0.15) is 17.2 Å². The average Bonchev–Trinajstić information content (AvgIpc) is 3.26. The van der Waals surface area contributed by atoms with Gasteiger partial charge >= 0.3 is 0 Å². The number of hydrogen-bond acceptors (Lipinski definition) is 8. The van der Waals surface area contributed by atoms with E-state index < -0.39 is 0 Å². The lowest BCUT2D eigenvalue weighted by Gasteiger charge is -2.36. The molecule has 0 aliphatic carbocycles. The molecule has 0 unspecified atom stereocenters. The number of rotatable bonds is 7. The van der Waals surface area contributed by atoms with E-state index in [2.05, 4.69) is 32.2 Å². The summed E-state index contributed by atoms with van der Waals surface area (Å²) in [5.74, 6) is 2.62. The third-order valence-electron chi connectivity index (χ3n) is 6.25. The normalized spacial score (nSPS) is 19.8. The maximum Gasteiger partial charge on any atom is 0.188 e. The van der Waals surface area contributed by atoms with E-state index in [0.29, 0.717) is 31.1 Å². The summed E-state index contributed by atoms with van der Waals surface area (Å²) >= 11 is 0. The third kappa shape index (κ3) is 4.86. The highest BCUT2D eigenvalue weighted by atomic mass is 35.5. The van der Waals surface area contributed by atoms with Gasteiger partial charge in [0.2, 0.25) is 0 Å². The number of allylic oxidation sites excluding steroid dienone is 2. The largest absolute Gasteiger partial charge is 0.496 e. The number of nitrogens with one attached hydrogen (secondary N) is 1. The number of fused-ring (bicyclic) bond motifs is 2. The molecule has 0 spiro atoms. The number of carbonyl (C=O) groups is 1. The first kappa shape index (κ1) is 23.2. The molecule has 1 aromatic rings. The summed E-state index contributed by atoms with van der Waals surface area (Å²) in [6.07, 6.45) is 6.89. The molecule has 9 heteroatoms. The maximum atomic E-state index is 12.1. The molecule has 0 atom stereocenters. The zero-order chi connectivity index (χ0) is 21.9. The van der Waals surface area contributed by atoms with Crippen molar-refractivity contribution in [1.82, 2.24) is 15.1 Å². The van der Waals surface area contributed by atoms with Gasteiger partial charge in [-0.3, -0.25) is 9.69 Å². The molecule has 1 N–H and O–H groups in total. The second-order valence-corrected chi connectivity index (χ2v) is 8.25. The molecule has 0 radical (unpaired) electrons. The Morgan fingerprint density at radius 2 is 1.97 bits per heavy atom. The minimum Gasteiger partial charge on any atom is -0.496 e. The average molecular weight is 472 g/mol. The van der Waals surface area contributed by atoms with E-state index in [9.17, 15) is 4.79 Å². The molecule has 0 saturated carbocycles. The van der Waals surface area contributed by atoms with Crippen molar-refractivity contribution in [3.63, 3.8) is 0 Å². The zero-order valence-corrected chi connectivity index (χ0v) is 19.6. The quantitative estimate of drug-likeness (QED) is 0.613. The van der Waals surface area contributed by atoms with Gasteiger partial charge in [0, 0.05) is 57.6 Å². The molecular weight excluding hydrogens is 442 g/mol. The van der Waals surface area contributed by atoms with Crippen LogP contribution in [-0.2, 0) is 9.53 Å². The second-order valence-electron chi connectivity index (χ2n) is 8.25. The standard InChI is InChI=1S/C24H29N5O3.ClH/c1-31-22-6-3-2-5-20(22)28-12-10-27(11-13-28)9-4-14-32-19-15-18-16-26-23-21(30)7-8-25-24(23)29(18)17-19;/h2-3,5-6,8,15-16,26H,4,7,9-14,17H2,1H3;1H. The number of piperazine rings is 1. The molecule has 1 saturated heterocycles. The lowest BCUT2D eigenvalue weighted by atomic mass is 10.1. The van der Waals surface area contributed by atoms with Crippen LogP contribution < -0.4 is 15.0 Å². The van der Waals surface area contributed by atoms with Crippen LogP contribution in [0.1, 0.15) is 12.8 Å². The summed E-state index contributed by atoms with van der Waals surface area (Å²) in [5.41, 5.74) is 2.74. The van der Waals surface area contributed by atoms with Gasteiger partial charge in [-0.05, 0) is 18.6 Å². The highest BCUT2D eigenvalue weighted by Gasteiger charge is 2.31. The molecule has 176 valence electrons. The van der Waals surface area contributed by atoms with Crippen molar-refractivity contribution < 1.29 is 14.3 Å². The summed E-state index contributed by atoms with van der Waals surface area (Å²) < 4.78 is 11.6. The molecule has 4 aliphatic rings. The van der Waals surface area contributed by atoms with Gasteiger partial charge in [0.15, 0.2) is 11.6 Å². The summed E-state index contributed by atoms with van der Waals surface area (Å²) in [6.45, 7) is 6.40. The maximum absolute atomic E-state index is 12.1. The summed E-state index contributed by atoms with van der Waals surface area (Å²) in [4.78, 5) is 23.4. The smallest absolute Gasteiger partial charge is 0.188 e. The van der Waals surface area contributed by atoms with Crippen LogP contribution in [0.25, 0.3) is 0 Å². The molecule has 5 rings (SSSR count). The number of Topliss-reactive ketones (excluding diaryl/α,β-unsaturated/α-hetero) is 1. The van der Waals surface area contributed by atoms with Crippen molar-refractivity contribution >= 4 is 30.1 Å². The van der Waals surface area contributed by atoms with Crippen molar-refractivity contribution in [1.29, 1.82) is 0 Å². The lowest BCUT2D eigenvalue weighted by molar-refractivity contribution is -0.115.